The van der Waals surface area contributed by atoms with E-state index in [0.29, 0.717) is 5.56 Å². The fourth-order valence-corrected chi connectivity index (χ4v) is 3.46. The van der Waals surface area contributed by atoms with Gasteiger partial charge in [-0.2, -0.15) is 0 Å². The summed E-state index contributed by atoms with van der Waals surface area (Å²) >= 11 is 0. The minimum Gasteiger partial charge on any atom is -0.345 e. The summed E-state index contributed by atoms with van der Waals surface area (Å²) in [5.74, 6) is -0.0736. The predicted octanol–water partition coefficient (Wildman–Crippen LogP) is 5.19. The van der Waals surface area contributed by atoms with Crippen LogP contribution in [-0.4, -0.2) is 10.9 Å². The Balaban J connectivity index is 1.66. The van der Waals surface area contributed by atoms with E-state index in [2.05, 4.69) is 34.6 Å². The van der Waals surface area contributed by atoms with E-state index in [-0.39, 0.29) is 11.9 Å². The molecule has 4 aromatic rings. The van der Waals surface area contributed by atoms with E-state index in [0.717, 1.165) is 22.0 Å². The predicted molar refractivity (Wildman–Crippen MR) is 106 cm³/mol. The number of hydrogen-bond acceptors (Lipinski definition) is 2. The van der Waals surface area contributed by atoms with Gasteiger partial charge in [0, 0.05) is 17.1 Å². The number of pyridine rings is 1. The number of hydrogen-bond donors (Lipinski definition) is 1. The van der Waals surface area contributed by atoms with Crippen LogP contribution >= 0.6 is 0 Å². The second-order valence-electron chi connectivity index (χ2n) is 6.63. The first-order chi connectivity index (χ1) is 12.6. The van der Waals surface area contributed by atoms with Crippen LogP contribution in [0.15, 0.2) is 72.9 Å². The van der Waals surface area contributed by atoms with Gasteiger partial charge >= 0.3 is 0 Å². The van der Waals surface area contributed by atoms with E-state index in [1.54, 1.807) is 6.20 Å². The first kappa shape index (κ1) is 16.3. The number of aromatic nitrogens is 1. The van der Waals surface area contributed by atoms with Gasteiger partial charge in [-0.3, -0.25) is 9.78 Å². The minimum absolute atomic E-state index is 0.0736. The molecular formula is C23H20N2O. The van der Waals surface area contributed by atoms with Crippen molar-refractivity contribution in [1.29, 1.82) is 0 Å². The number of aryl methyl sites for hydroxylation is 1. The molecule has 1 heterocycles. The summed E-state index contributed by atoms with van der Waals surface area (Å²) in [6, 6.07) is 22.1. The zero-order valence-corrected chi connectivity index (χ0v) is 14.9. The molecule has 1 N–H and O–H groups in total. The second kappa shape index (κ2) is 6.60. The van der Waals surface area contributed by atoms with Crippen LogP contribution in [0, 0.1) is 6.92 Å². The zero-order valence-electron chi connectivity index (χ0n) is 14.9. The van der Waals surface area contributed by atoms with Gasteiger partial charge in [0.15, 0.2) is 0 Å². The molecule has 0 aliphatic rings. The number of benzene rings is 3. The molecule has 0 unspecified atom stereocenters. The summed E-state index contributed by atoms with van der Waals surface area (Å²) in [7, 11) is 0. The van der Waals surface area contributed by atoms with Gasteiger partial charge in [0.1, 0.15) is 0 Å². The van der Waals surface area contributed by atoms with Gasteiger partial charge in [-0.05, 0) is 53.9 Å². The van der Waals surface area contributed by atoms with Crippen LogP contribution < -0.4 is 5.32 Å². The molecule has 0 radical (unpaired) electrons. The summed E-state index contributed by atoms with van der Waals surface area (Å²) in [5.41, 5.74) is 3.57. The summed E-state index contributed by atoms with van der Waals surface area (Å²) in [4.78, 5) is 17.3. The number of nitrogens with zero attached hydrogens (tertiary/aromatic N) is 1. The van der Waals surface area contributed by atoms with E-state index < -0.39 is 0 Å². The van der Waals surface area contributed by atoms with E-state index in [9.17, 15) is 4.79 Å². The third kappa shape index (κ3) is 2.92. The molecule has 1 amide bonds. The summed E-state index contributed by atoms with van der Waals surface area (Å²) < 4.78 is 0. The van der Waals surface area contributed by atoms with Crippen LogP contribution in [0.2, 0.25) is 0 Å². The van der Waals surface area contributed by atoms with Crippen molar-refractivity contribution in [1.82, 2.24) is 10.3 Å². The van der Waals surface area contributed by atoms with Gasteiger partial charge in [0.05, 0.1) is 11.6 Å². The molecule has 0 spiro atoms. The average Bonchev–Trinajstić information content (AvgIpc) is 2.66. The molecule has 1 atom stereocenters. The Kier molecular flexibility index (Phi) is 4.13. The van der Waals surface area contributed by atoms with Crippen molar-refractivity contribution in [3.8, 4) is 0 Å². The Morgan fingerprint density at radius 2 is 1.73 bits per heavy atom. The highest BCUT2D eigenvalue weighted by Crippen LogP contribution is 2.25. The Hall–Kier alpha value is -3.20. The number of carbonyl (C=O) groups excluding carboxylic acids is 1. The van der Waals surface area contributed by atoms with Crippen LogP contribution in [0.5, 0.6) is 0 Å². The van der Waals surface area contributed by atoms with Crippen molar-refractivity contribution < 1.29 is 4.79 Å². The van der Waals surface area contributed by atoms with Gasteiger partial charge in [0.2, 0.25) is 0 Å². The SMILES string of the molecule is Cc1cc2cccnc2cc1C(=O)N[C@H](C)c1cccc2ccccc12. The molecule has 3 nitrogen and oxygen atoms in total. The lowest BCUT2D eigenvalue weighted by molar-refractivity contribution is 0.0939. The molecule has 0 saturated heterocycles. The van der Waals surface area contributed by atoms with Gasteiger partial charge in [0.25, 0.3) is 5.91 Å². The molecular weight excluding hydrogens is 320 g/mol. The Morgan fingerprint density at radius 3 is 2.62 bits per heavy atom. The fraction of sp³-hybridized carbons (Fsp3) is 0.130. The van der Waals surface area contributed by atoms with E-state index in [4.69, 9.17) is 0 Å². The topological polar surface area (TPSA) is 42.0 Å². The van der Waals surface area contributed by atoms with Crippen LogP contribution in [0.25, 0.3) is 21.7 Å². The maximum absolute atomic E-state index is 12.9. The highest BCUT2D eigenvalue weighted by Gasteiger charge is 2.16. The molecule has 0 aliphatic carbocycles. The third-order valence-electron chi connectivity index (χ3n) is 4.83. The molecule has 0 bridgehead atoms. The quantitative estimate of drug-likeness (QED) is 0.558. The average molecular weight is 340 g/mol. The van der Waals surface area contributed by atoms with E-state index >= 15 is 0 Å². The zero-order chi connectivity index (χ0) is 18.1. The van der Waals surface area contributed by atoms with Gasteiger partial charge in [-0.1, -0.05) is 48.5 Å². The van der Waals surface area contributed by atoms with Crippen molar-refractivity contribution in [2.75, 3.05) is 0 Å². The molecule has 128 valence electrons. The van der Waals surface area contributed by atoms with Crippen molar-refractivity contribution in [3.05, 3.63) is 89.6 Å². The summed E-state index contributed by atoms with van der Waals surface area (Å²) in [6.45, 7) is 3.98. The largest absolute Gasteiger partial charge is 0.345 e. The minimum atomic E-state index is -0.0903. The Labute approximate surface area is 152 Å². The summed E-state index contributed by atoms with van der Waals surface area (Å²) in [5, 5.41) is 6.53. The highest BCUT2D eigenvalue weighted by atomic mass is 16.1. The van der Waals surface area contributed by atoms with Crippen LogP contribution in [0.1, 0.15) is 34.5 Å². The van der Waals surface area contributed by atoms with Gasteiger partial charge < -0.3 is 5.32 Å². The van der Waals surface area contributed by atoms with Gasteiger partial charge in [-0.25, -0.2) is 0 Å². The van der Waals surface area contributed by atoms with E-state index in [1.807, 2.05) is 56.3 Å². The van der Waals surface area contributed by atoms with Crippen LogP contribution in [-0.2, 0) is 0 Å². The molecule has 1 aromatic heterocycles. The Morgan fingerprint density at radius 1 is 0.962 bits per heavy atom. The van der Waals surface area contributed by atoms with Crippen molar-refractivity contribution in [2.45, 2.75) is 19.9 Å². The molecule has 3 aromatic carbocycles. The molecule has 0 aliphatic heterocycles. The molecule has 3 heteroatoms. The lowest BCUT2D eigenvalue weighted by atomic mass is 9.99. The number of fused-ring (bicyclic) bond motifs is 2. The smallest absolute Gasteiger partial charge is 0.252 e. The second-order valence-corrected chi connectivity index (χ2v) is 6.63. The maximum Gasteiger partial charge on any atom is 0.252 e. The van der Waals surface area contributed by atoms with Crippen LogP contribution in [0.3, 0.4) is 0 Å². The highest BCUT2D eigenvalue weighted by molar-refractivity contribution is 6.00. The summed E-state index contributed by atoms with van der Waals surface area (Å²) in [6.07, 6.45) is 1.75. The first-order valence-electron chi connectivity index (χ1n) is 8.77. The number of nitrogens with one attached hydrogen (secondary N) is 1. The first-order valence-corrected chi connectivity index (χ1v) is 8.77. The lowest BCUT2D eigenvalue weighted by Crippen LogP contribution is -2.27. The molecule has 0 saturated carbocycles. The third-order valence-corrected chi connectivity index (χ3v) is 4.83. The maximum atomic E-state index is 12.9. The normalized spacial score (nSPS) is 12.2. The van der Waals surface area contributed by atoms with Gasteiger partial charge in [-0.15, -0.1) is 0 Å². The number of amides is 1. The number of rotatable bonds is 3. The number of carbonyl (C=O) groups is 1. The molecule has 26 heavy (non-hydrogen) atoms. The monoisotopic (exact) mass is 340 g/mol. The fourth-order valence-electron chi connectivity index (χ4n) is 3.46. The Bertz CT molecular complexity index is 1110. The molecule has 0 fully saturated rings. The standard InChI is InChI=1S/C23H20N2O/c1-15-13-18-9-6-12-24-22(18)14-21(15)23(26)25-16(2)19-11-5-8-17-7-3-4-10-20(17)19/h3-14,16H,1-2H3,(H,25,26)/t16-/m1/s1. The van der Waals surface area contributed by atoms with E-state index in [1.165, 1.54) is 10.8 Å². The van der Waals surface area contributed by atoms with Crippen molar-refractivity contribution in [2.24, 2.45) is 0 Å². The van der Waals surface area contributed by atoms with Crippen LogP contribution in [0.4, 0.5) is 0 Å². The lowest BCUT2D eigenvalue weighted by Gasteiger charge is -2.17. The molecule has 4 rings (SSSR count). The van der Waals surface area contributed by atoms with Crippen molar-refractivity contribution >= 4 is 27.6 Å². The van der Waals surface area contributed by atoms with Crippen molar-refractivity contribution in [3.63, 3.8) is 0 Å².